The summed E-state index contributed by atoms with van der Waals surface area (Å²) < 4.78 is 15.5. The van der Waals surface area contributed by atoms with Crippen LogP contribution in [0.15, 0.2) is 36.4 Å². The molecule has 40 heavy (non-hydrogen) atoms. The molecule has 1 fully saturated rings. The lowest BCUT2D eigenvalue weighted by atomic mass is 10.2. The Kier molecular flexibility index (Phi) is 23.3. The van der Waals surface area contributed by atoms with E-state index in [9.17, 15) is 19.8 Å². The molecule has 1 aliphatic rings. The number of carbonyl (C=O) groups excluding carboxylic acids is 2. The fourth-order valence-electron chi connectivity index (χ4n) is 2.83. The monoisotopic (exact) mass is 568 g/mol. The first kappa shape index (κ1) is 43.6. The zero-order chi connectivity index (χ0) is 27.4. The van der Waals surface area contributed by atoms with Crippen molar-refractivity contribution in [3.05, 3.63) is 47.5 Å². The molecule has 0 spiro atoms. The molecule has 0 bridgehead atoms. The van der Waals surface area contributed by atoms with Crippen molar-refractivity contribution in [3.63, 3.8) is 0 Å². The number of aliphatic hydroxyl groups excluding tert-OH is 1. The smallest absolute Gasteiger partial charge is 0.251 e. The zero-order valence-electron chi connectivity index (χ0n) is 22.4. The van der Waals surface area contributed by atoms with Crippen molar-refractivity contribution in [2.75, 3.05) is 28.3 Å². The van der Waals surface area contributed by atoms with E-state index in [0.29, 0.717) is 28.4 Å². The van der Waals surface area contributed by atoms with E-state index >= 15 is 0 Å². The van der Waals surface area contributed by atoms with Crippen LogP contribution in [0.4, 0.5) is 0 Å². The summed E-state index contributed by atoms with van der Waals surface area (Å²) in [5.74, 6) is 3.12. The fourth-order valence-corrected chi connectivity index (χ4v) is 2.83. The minimum Gasteiger partial charge on any atom is -0.508 e. The van der Waals surface area contributed by atoms with Gasteiger partial charge >= 0.3 is 0 Å². The molecule has 4 N–H and O–H groups in total. The van der Waals surface area contributed by atoms with Crippen LogP contribution in [-0.2, 0) is 0 Å². The second-order valence-electron chi connectivity index (χ2n) is 8.73. The van der Waals surface area contributed by atoms with Gasteiger partial charge in [0.05, 0.1) is 20.3 Å². The standard InChI is InChI=1S/C13H19NO4.C9H11NO3.C5H10.4CH4/c1-8(15)9(2)18-12-6-10(13(16)14-3)5-11(7-12)17-4;1-10-9(12)6-3-7(11)5-8(4-6)13-2;1-4-3-5(4)2;;;;/h5-9,15H,1-4H3,(H,14,16);3-5,11H,1-2H3,(H,10,12);4-5H,3H2,1-2H3;4*1H4/t8-,9-;;4-,5+;;;;/m0....../s1. The Bertz CT molecular complexity index is 990. The van der Waals surface area contributed by atoms with Crippen LogP contribution in [-0.4, -0.2) is 62.6 Å². The number of carbonyl (C=O) groups is 2. The number of phenolic OH excluding ortho intramolecular Hbond substituents is 1. The average molecular weight is 569 g/mol. The molecule has 9 heteroatoms. The Morgan fingerprint density at radius 1 is 0.775 bits per heavy atom. The Hall–Kier alpha value is -3.46. The van der Waals surface area contributed by atoms with Gasteiger partial charge in [0.1, 0.15) is 29.1 Å². The zero-order valence-corrected chi connectivity index (χ0v) is 22.4. The number of nitrogens with one attached hydrogen (secondary N) is 2. The van der Waals surface area contributed by atoms with Gasteiger partial charge in [-0.3, -0.25) is 9.59 Å². The lowest BCUT2D eigenvalue weighted by Crippen LogP contribution is -2.26. The number of aromatic hydroxyl groups is 1. The first-order chi connectivity index (χ1) is 16.9. The van der Waals surface area contributed by atoms with Crippen molar-refractivity contribution in [2.24, 2.45) is 11.8 Å². The van der Waals surface area contributed by atoms with E-state index in [1.54, 1.807) is 45.2 Å². The second kappa shape index (κ2) is 21.4. The summed E-state index contributed by atoms with van der Waals surface area (Å²) in [6.45, 7) is 7.99. The third-order valence-electron chi connectivity index (χ3n) is 5.73. The van der Waals surface area contributed by atoms with Gasteiger partial charge < -0.3 is 35.1 Å². The number of phenols is 1. The van der Waals surface area contributed by atoms with E-state index in [1.807, 2.05) is 0 Å². The summed E-state index contributed by atoms with van der Waals surface area (Å²) in [6.07, 6.45) is 0.509. The van der Waals surface area contributed by atoms with Crippen LogP contribution >= 0.6 is 0 Å². The van der Waals surface area contributed by atoms with E-state index in [0.717, 1.165) is 11.8 Å². The summed E-state index contributed by atoms with van der Waals surface area (Å²) in [5, 5.41) is 23.6. The molecule has 2 aromatic rings. The highest BCUT2D eigenvalue weighted by Crippen LogP contribution is 2.36. The van der Waals surface area contributed by atoms with Crippen molar-refractivity contribution in [3.8, 4) is 23.0 Å². The number of methoxy groups -OCH3 is 2. The molecule has 2 aromatic carbocycles. The molecule has 0 saturated heterocycles. The number of aliphatic hydroxyl groups is 1. The van der Waals surface area contributed by atoms with E-state index < -0.39 is 6.10 Å². The van der Waals surface area contributed by atoms with E-state index in [4.69, 9.17) is 14.2 Å². The van der Waals surface area contributed by atoms with Gasteiger partial charge in [-0.2, -0.15) is 0 Å². The molecular formula is C31H56N2O7. The number of hydrogen-bond donors (Lipinski definition) is 4. The van der Waals surface area contributed by atoms with Gasteiger partial charge in [0.15, 0.2) is 0 Å². The Balaban J connectivity index is -0.000000260. The first-order valence-electron chi connectivity index (χ1n) is 11.8. The van der Waals surface area contributed by atoms with E-state index in [2.05, 4.69) is 24.5 Å². The average Bonchev–Trinajstić information content (AvgIpc) is 3.53. The van der Waals surface area contributed by atoms with E-state index in [1.165, 1.54) is 39.8 Å². The van der Waals surface area contributed by atoms with Crippen molar-refractivity contribution in [1.82, 2.24) is 10.6 Å². The highest BCUT2D eigenvalue weighted by Gasteiger charge is 2.26. The van der Waals surface area contributed by atoms with Gasteiger partial charge in [-0.05, 0) is 56.4 Å². The minimum atomic E-state index is -0.598. The van der Waals surface area contributed by atoms with Crippen LogP contribution in [0.3, 0.4) is 0 Å². The summed E-state index contributed by atoms with van der Waals surface area (Å²) in [6, 6.07) is 9.27. The number of amides is 2. The minimum absolute atomic E-state index is 0. The molecule has 0 aliphatic heterocycles. The summed E-state index contributed by atoms with van der Waals surface area (Å²) in [4.78, 5) is 22.7. The molecule has 0 unspecified atom stereocenters. The molecule has 1 aliphatic carbocycles. The number of rotatable bonds is 7. The highest BCUT2D eigenvalue weighted by molar-refractivity contribution is 5.95. The summed E-state index contributed by atoms with van der Waals surface area (Å²) >= 11 is 0. The number of hydrogen-bond acceptors (Lipinski definition) is 7. The van der Waals surface area contributed by atoms with Crippen LogP contribution in [0.1, 0.15) is 84.5 Å². The van der Waals surface area contributed by atoms with Crippen LogP contribution < -0.4 is 24.8 Å². The van der Waals surface area contributed by atoms with Gasteiger partial charge in [-0.25, -0.2) is 0 Å². The Morgan fingerprint density at radius 3 is 1.50 bits per heavy atom. The van der Waals surface area contributed by atoms with Gasteiger partial charge in [0.2, 0.25) is 0 Å². The number of benzene rings is 2. The molecule has 9 nitrogen and oxygen atoms in total. The Labute approximate surface area is 243 Å². The lowest BCUT2D eigenvalue weighted by Gasteiger charge is -2.18. The van der Waals surface area contributed by atoms with Gasteiger partial charge in [0, 0.05) is 37.4 Å². The van der Waals surface area contributed by atoms with Crippen molar-refractivity contribution < 1.29 is 34.0 Å². The van der Waals surface area contributed by atoms with Gasteiger partial charge in [-0.15, -0.1) is 0 Å². The maximum atomic E-state index is 11.6. The summed E-state index contributed by atoms with van der Waals surface area (Å²) in [5.41, 5.74) is 0.823. The van der Waals surface area contributed by atoms with Crippen molar-refractivity contribution in [2.45, 2.75) is 76.0 Å². The predicted molar refractivity (Wildman–Crippen MR) is 166 cm³/mol. The van der Waals surface area contributed by atoms with Crippen molar-refractivity contribution >= 4 is 11.8 Å². The van der Waals surface area contributed by atoms with E-state index in [-0.39, 0.29) is 53.4 Å². The topological polar surface area (TPSA) is 126 Å². The maximum Gasteiger partial charge on any atom is 0.251 e. The quantitative estimate of drug-likeness (QED) is 0.315. The molecular weight excluding hydrogens is 512 g/mol. The van der Waals surface area contributed by atoms with Gasteiger partial charge in [0.25, 0.3) is 11.8 Å². The first-order valence-corrected chi connectivity index (χ1v) is 11.8. The lowest BCUT2D eigenvalue weighted by molar-refractivity contribution is 0.0602. The Morgan fingerprint density at radius 2 is 1.15 bits per heavy atom. The second-order valence-corrected chi connectivity index (χ2v) is 8.73. The molecule has 2 amide bonds. The van der Waals surface area contributed by atoms with Gasteiger partial charge in [-0.1, -0.05) is 43.6 Å². The molecule has 0 radical (unpaired) electrons. The fraction of sp³-hybridized carbons (Fsp3) is 0.548. The molecule has 232 valence electrons. The van der Waals surface area contributed by atoms with Crippen LogP contribution in [0.25, 0.3) is 0 Å². The van der Waals surface area contributed by atoms with Crippen molar-refractivity contribution in [1.29, 1.82) is 0 Å². The normalized spacial score (nSPS) is 15.3. The molecule has 3 rings (SSSR count). The largest absolute Gasteiger partial charge is 0.508 e. The third kappa shape index (κ3) is 15.2. The predicted octanol–water partition coefficient (Wildman–Crippen LogP) is 6.17. The molecule has 0 aromatic heterocycles. The molecule has 4 atom stereocenters. The molecule has 1 saturated carbocycles. The highest BCUT2D eigenvalue weighted by atomic mass is 16.5. The third-order valence-corrected chi connectivity index (χ3v) is 5.73. The number of ether oxygens (including phenoxy) is 3. The maximum absolute atomic E-state index is 11.6. The summed E-state index contributed by atoms with van der Waals surface area (Å²) in [7, 11) is 6.08. The van der Waals surface area contributed by atoms with Crippen LogP contribution in [0.5, 0.6) is 23.0 Å². The van der Waals surface area contributed by atoms with Crippen LogP contribution in [0, 0.1) is 11.8 Å². The van der Waals surface area contributed by atoms with Crippen LogP contribution in [0.2, 0.25) is 0 Å². The SMILES string of the molecule is C.C.C.C.CNC(=O)c1cc(O)cc(OC)c1.CNC(=O)c1cc(OC)cc(O[C@@H](C)[C@H](C)O)c1.C[C@@H]1C[C@@H]1C. The molecule has 0 heterocycles.